The van der Waals surface area contributed by atoms with E-state index >= 15 is 0 Å². The molecule has 0 aliphatic carbocycles. The Morgan fingerprint density at radius 1 is 1.41 bits per heavy atom. The largest absolute Gasteiger partial charge is 0.368 e. The second-order valence-electron chi connectivity index (χ2n) is 4.15. The molecule has 0 radical (unpaired) electrons. The Morgan fingerprint density at radius 3 is 2.59 bits per heavy atom. The van der Waals surface area contributed by atoms with E-state index in [-0.39, 0.29) is 10.9 Å². The topological polar surface area (TPSA) is 89.4 Å². The first-order valence-corrected chi connectivity index (χ1v) is 6.75. The van der Waals surface area contributed by atoms with Gasteiger partial charge in [0.15, 0.2) is 0 Å². The van der Waals surface area contributed by atoms with E-state index in [1.807, 2.05) is 0 Å². The maximum Gasteiger partial charge on any atom is 0.238 e. The fourth-order valence-electron chi connectivity index (χ4n) is 1.93. The van der Waals surface area contributed by atoms with E-state index in [0.717, 1.165) is 12.5 Å². The van der Waals surface area contributed by atoms with Gasteiger partial charge in [0, 0.05) is 19.1 Å². The molecule has 0 bridgehead atoms. The van der Waals surface area contributed by atoms with Gasteiger partial charge >= 0.3 is 0 Å². The van der Waals surface area contributed by atoms with Gasteiger partial charge in [-0.15, -0.1) is 0 Å². The zero-order valence-corrected chi connectivity index (χ0v) is 9.95. The lowest BCUT2D eigenvalue weighted by atomic mass is 10.3. The van der Waals surface area contributed by atoms with Crippen LogP contribution >= 0.6 is 0 Å². The van der Waals surface area contributed by atoms with E-state index in [1.54, 1.807) is 4.90 Å². The van der Waals surface area contributed by atoms with Crippen molar-refractivity contribution in [2.75, 3.05) is 18.0 Å². The van der Waals surface area contributed by atoms with Crippen molar-refractivity contribution in [1.82, 2.24) is 0 Å². The van der Waals surface area contributed by atoms with Crippen LogP contribution in [0.4, 0.5) is 10.1 Å². The first kappa shape index (κ1) is 12.3. The lowest BCUT2D eigenvalue weighted by Crippen LogP contribution is -2.27. The molecule has 5 nitrogen and oxygen atoms in total. The normalized spacial score (nSPS) is 20.9. The van der Waals surface area contributed by atoms with Gasteiger partial charge in [-0.05, 0) is 24.6 Å². The average molecular weight is 259 g/mol. The van der Waals surface area contributed by atoms with Gasteiger partial charge in [-0.2, -0.15) is 0 Å². The quantitative estimate of drug-likeness (QED) is 0.783. The maximum absolute atomic E-state index is 13.8. The minimum absolute atomic E-state index is 0.0346. The van der Waals surface area contributed by atoms with Gasteiger partial charge in [0.25, 0.3) is 0 Å². The zero-order chi connectivity index (χ0) is 12.6. The number of sulfonamides is 1. The summed E-state index contributed by atoms with van der Waals surface area (Å²) < 4.78 is 35.9. The summed E-state index contributed by atoms with van der Waals surface area (Å²) in [5, 5.41) is 4.92. The highest BCUT2D eigenvalue weighted by atomic mass is 32.2. The molecule has 1 atom stereocenters. The number of nitrogens with two attached hydrogens (primary N) is 2. The van der Waals surface area contributed by atoms with E-state index in [2.05, 4.69) is 0 Å². The Hall–Kier alpha value is -1.18. The predicted molar refractivity (Wildman–Crippen MR) is 62.6 cm³/mol. The monoisotopic (exact) mass is 259 g/mol. The minimum Gasteiger partial charge on any atom is -0.368 e. The van der Waals surface area contributed by atoms with Crippen LogP contribution < -0.4 is 15.8 Å². The molecule has 1 saturated heterocycles. The first-order valence-electron chi connectivity index (χ1n) is 5.21. The average Bonchev–Trinajstić information content (AvgIpc) is 2.63. The van der Waals surface area contributed by atoms with E-state index in [4.69, 9.17) is 10.9 Å². The summed E-state index contributed by atoms with van der Waals surface area (Å²) in [6, 6.07) is 3.70. The van der Waals surface area contributed by atoms with Crippen LogP contribution in [-0.4, -0.2) is 27.5 Å². The van der Waals surface area contributed by atoms with E-state index in [0.29, 0.717) is 18.8 Å². The Bertz CT molecular complexity index is 532. The van der Waals surface area contributed by atoms with Crippen molar-refractivity contribution in [1.29, 1.82) is 0 Å². The van der Waals surface area contributed by atoms with Crippen LogP contribution in [-0.2, 0) is 10.0 Å². The van der Waals surface area contributed by atoms with Crippen molar-refractivity contribution < 1.29 is 12.8 Å². The molecule has 1 fully saturated rings. The SMILES string of the molecule is NC1CCN(c2ccc(S(N)(=O)=O)cc2F)C1. The van der Waals surface area contributed by atoms with Crippen molar-refractivity contribution in [3.05, 3.63) is 24.0 Å². The molecule has 1 aromatic rings. The molecule has 7 heteroatoms. The number of primary sulfonamides is 1. The highest BCUT2D eigenvalue weighted by Crippen LogP contribution is 2.25. The Balaban J connectivity index is 2.32. The van der Waals surface area contributed by atoms with Gasteiger partial charge in [0.2, 0.25) is 10.0 Å². The summed E-state index contributed by atoms with van der Waals surface area (Å²) in [5.74, 6) is -0.592. The molecule has 94 valence electrons. The molecule has 1 aliphatic rings. The van der Waals surface area contributed by atoms with Crippen LogP contribution in [0.15, 0.2) is 23.1 Å². The van der Waals surface area contributed by atoms with Crippen LogP contribution in [0.3, 0.4) is 0 Å². The van der Waals surface area contributed by atoms with Gasteiger partial charge in [-0.25, -0.2) is 17.9 Å². The highest BCUT2D eigenvalue weighted by molar-refractivity contribution is 7.89. The first-order chi connectivity index (χ1) is 7.88. The molecular formula is C10H14FN3O2S. The van der Waals surface area contributed by atoms with E-state index in [9.17, 15) is 12.8 Å². The molecular weight excluding hydrogens is 245 g/mol. The van der Waals surface area contributed by atoms with Crippen molar-refractivity contribution in [3.63, 3.8) is 0 Å². The molecule has 2 rings (SSSR count). The van der Waals surface area contributed by atoms with Gasteiger partial charge < -0.3 is 10.6 Å². The molecule has 0 spiro atoms. The Kier molecular flexibility index (Phi) is 3.07. The molecule has 1 aliphatic heterocycles. The third-order valence-corrected chi connectivity index (χ3v) is 3.72. The third kappa shape index (κ3) is 2.56. The zero-order valence-electron chi connectivity index (χ0n) is 9.14. The second-order valence-corrected chi connectivity index (χ2v) is 5.71. The Labute approximate surface area is 99.3 Å². The molecule has 1 aromatic carbocycles. The van der Waals surface area contributed by atoms with Crippen molar-refractivity contribution in [2.45, 2.75) is 17.4 Å². The van der Waals surface area contributed by atoms with Gasteiger partial charge in [-0.1, -0.05) is 0 Å². The lowest BCUT2D eigenvalue weighted by molar-refractivity contribution is 0.591. The molecule has 1 unspecified atom stereocenters. The third-order valence-electron chi connectivity index (χ3n) is 2.81. The molecule has 4 N–H and O–H groups in total. The van der Waals surface area contributed by atoms with Crippen molar-refractivity contribution >= 4 is 15.7 Å². The summed E-state index contributed by atoms with van der Waals surface area (Å²) in [6.45, 7) is 1.25. The molecule has 0 amide bonds. The number of halogens is 1. The van der Waals surface area contributed by atoms with Gasteiger partial charge in [0.1, 0.15) is 5.82 Å². The highest BCUT2D eigenvalue weighted by Gasteiger charge is 2.22. The number of nitrogens with zero attached hydrogens (tertiary/aromatic N) is 1. The second kappa shape index (κ2) is 4.25. The lowest BCUT2D eigenvalue weighted by Gasteiger charge is -2.19. The van der Waals surface area contributed by atoms with Gasteiger partial charge in [0.05, 0.1) is 10.6 Å². The summed E-state index contributed by atoms with van der Waals surface area (Å²) in [6.07, 6.45) is 0.802. The summed E-state index contributed by atoms with van der Waals surface area (Å²) in [7, 11) is -3.86. The van der Waals surface area contributed by atoms with Crippen LogP contribution in [0, 0.1) is 5.82 Å². The van der Waals surface area contributed by atoms with Crippen LogP contribution in [0.2, 0.25) is 0 Å². The smallest absolute Gasteiger partial charge is 0.238 e. The molecule has 17 heavy (non-hydrogen) atoms. The number of rotatable bonds is 2. The predicted octanol–water partition coefficient (Wildman–Crippen LogP) is 0.0105. The standard InChI is InChI=1S/C10H14FN3O2S/c11-9-5-8(17(13,15)16)1-2-10(9)14-4-3-7(12)6-14/h1-2,5,7H,3-4,6,12H2,(H2,13,15,16). The van der Waals surface area contributed by atoms with Crippen LogP contribution in [0.5, 0.6) is 0 Å². The molecule has 1 heterocycles. The maximum atomic E-state index is 13.8. The van der Waals surface area contributed by atoms with Crippen LogP contribution in [0.25, 0.3) is 0 Å². The molecule has 0 aromatic heterocycles. The van der Waals surface area contributed by atoms with Crippen molar-refractivity contribution in [2.24, 2.45) is 10.9 Å². The fraction of sp³-hybridized carbons (Fsp3) is 0.400. The number of benzene rings is 1. The summed E-state index contributed by atoms with van der Waals surface area (Å²) in [4.78, 5) is 1.58. The number of anilines is 1. The van der Waals surface area contributed by atoms with E-state index < -0.39 is 15.8 Å². The Morgan fingerprint density at radius 2 is 2.12 bits per heavy atom. The van der Waals surface area contributed by atoms with E-state index in [1.165, 1.54) is 12.1 Å². The fourth-order valence-corrected chi connectivity index (χ4v) is 2.45. The minimum atomic E-state index is -3.86. The summed E-state index contributed by atoms with van der Waals surface area (Å²) >= 11 is 0. The number of hydrogen-bond acceptors (Lipinski definition) is 4. The molecule has 0 saturated carbocycles. The van der Waals surface area contributed by atoms with Crippen LogP contribution in [0.1, 0.15) is 6.42 Å². The number of hydrogen-bond donors (Lipinski definition) is 2. The van der Waals surface area contributed by atoms with Crippen molar-refractivity contribution in [3.8, 4) is 0 Å². The summed E-state index contributed by atoms with van der Waals surface area (Å²) in [5.41, 5.74) is 6.10. The van der Waals surface area contributed by atoms with Gasteiger partial charge in [-0.3, -0.25) is 0 Å².